The van der Waals surface area contributed by atoms with Gasteiger partial charge in [-0.15, -0.1) is 11.8 Å². The van der Waals surface area contributed by atoms with Gasteiger partial charge in [-0.25, -0.2) is 0 Å². The number of likely N-dealkylation sites (tertiary alicyclic amines) is 1. The topological polar surface area (TPSA) is 37.4 Å². The summed E-state index contributed by atoms with van der Waals surface area (Å²) < 4.78 is 0. The third-order valence-electron chi connectivity index (χ3n) is 7.24. The van der Waals surface area contributed by atoms with Gasteiger partial charge >= 0.3 is 0 Å². The van der Waals surface area contributed by atoms with Crippen LogP contribution in [0.5, 0.6) is 0 Å². The highest BCUT2D eigenvalue weighted by Crippen LogP contribution is 2.31. The molecule has 1 heterocycles. The number of carbonyl (C=O) groups excluding carboxylic acids is 2. The fourth-order valence-electron chi connectivity index (χ4n) is 5.04. The van der Waals surface area contributed by atoms with Crippen LogP contribution < -0.4 is 0 Å². The summed E-state index contributed by atoms with van der Waals surface area (Å²) in [5.74, 6) is 1.04. The smallest absolute Gasteiger partial charge is 0.242 e. The molecule has 0 aromatic carbocycles. The van der Waals surface area contributed by atoms with E-state index >= 15 is 0 Å². The van der Waals surface area contributed by atoms with Gasteiger partial charge in [-0.3, -0.25) is 14.5 Å². The van der Waals surface area contributed by atoms with Crippen LogP contribution in [0.3, 0.4) is 0 Å². The molecule has 3 atom stereocenters. The molecule has 33 heavy (non-hydrogen) atoms. The number of nitrogens with zero attached hydrogens (tertiary/aromatic N) is 1. The number of carbonyl (C=O) groups is 2. The van der Waals surface area contributed by atoms with Crippen molar-refractivity contribution in [1.29, 1.82) is 0 Å². The minimum Gasteiger partial charge on any atom is -0.282 e. The maximum Gasteiger partial charge on any atom is 0.242 e. The van der Waals surface area contributed by atoms with E-state index in [0.29, 0.717) is 18.2 Å². The Labute approximate surface area is 210 Å². The van der Waals surface area contributed by atoms with Gasteiger partial charge < -0.3 is 0 Å². The summed E-state index contributed by atoms with van der Waals surface area (Å²) in [6.07, 6.45) is 23.8. The van der Waals surface area contributed by atoms with Crippen molar-refractivity contribution in [3.8, 4) is 0 Å². The maximum atomic E-state index is 12.7. The van der Waals surface area contributed by atoms with Crippen molar-refractivity contribution in [2.75, 3.05) is 6.54 Å². The van der Waals surface area contributed by atoms with E-state index in [1.165, 1.54) is 96.3 Å². The molecule has 0 aromatic rings. The van der Waals surface area contributed by atoms with Crippen molar-refractivity contribution in [2.24, 2.45) is 5.92 Å². The summed E-state index contributed by atoms with van der Waals surface area (Å²) in [5.41, 5.74) is 0. The molecule has 0 radical (unpaired) electrons. The van der Waals surface area contributed by atoms with E-state index in [2.05, 4.69) is 27.7 Å². The second-order valence-electron chi connectivity index (χ2n) is 10.4. The van der Waals surface area contributed by atoms with Crippen molar-refractivity contribution in [2.45, 2.75) is 160 Å². The molecular weight excluding hydrogens is 426 g/mol. The van der Waals surface area contributed by atoms with Gasteiger partial charge in [0.25, 0.3) is 0 Å². The van der Waals surface area contributed by atoms with Crippen molar-refractivity contribution < 1.29 is 9.59 Å². The first-order chi connectivity index (χ1) is 16.0. The third kappa shape index (κ3) is 13.8. The summed E-state index contributed by atoms with van der Waals surface area (Å²) in [7, 11) is 0. The first-order valence-electron chi connectivity index (χ1n) is 14.5. The van der Waals surface area contributed by atoms with Crippen LogP contribution in [0.15, 0.2) is 0 Å². The van der Waals surface area contributed by atoms with E-state index in [1.807, 2.05) is 0 Å². The molecule has 0 spiro atoms. The van der Waals surface area contributed by atoms with E-state index in [0.717, 1.165) is 25.2 Å². The Morgan fingerprint density at radius 2 is 1.24 bits per heavy atom. The second-order valence-corrected chi connectivity index (χ2v) is 12.1. The lowest BCUT2D eigenvalue weighted by Gasteiger charge is -2.18. The quantitative estimate of drug-likeness (QED) is 0.114. The molecular formula is C29H55NO2S. The summed E-state index contributed by atoms with van der Waals surface area (Å²) in [5, 5.41) is 0.328. The van der Waals surface area contributed by atoms with Crippen molar-refractivity contribution >= 4 is 23.6 Å². The standard InChI is InChI=1S/C29H55NO2S/c1-5-8-11-12-16-21-26(20-15-9-6-2)22-17-13-14-18-23-30-28(31)24-27(29(30)32)33-25(4)19-10-7-3/h25-27H,5-24H2,1-4H3. The molecule has 4 heteroatoms. The highest BCUT2D eigenvalue weighted by atomic mass is 32.2. The van der Waals surface area contributed by atoms with E-state index in [9.17, 15) is 9.59 Å². The first kappa shape index (κ1) is 30.5. The van der Waals surface area contributed by atoms with Gasteiger partial charge in [0, 0.05) is 18.2 Å². The van der Waals surface area contributed by atoms with Gasteiger partial charge in [-0.05, 0) is 18.8 Å². The number of amides is 2. The zero-order valence-corrected chi connectivity index (χ0v) is 23.4. The fraction of sp³-hybridized carbons (Fsp3) is 0.931. The first-order valence-corrected chi connectivity index (χ1v) is 15.5. The Bertz CT molecular complexity index is 510. The largest absolute Gasteiger partial charge is 0.282 e. The normalized spacial score (nSPS) is 18.3. The highest BCUT2D eigenvalue weighted by molar-refractivity contribution is 8.01. The molecule has 0 N–H and O–H groups in total. The fourth-order valence-corrected chi connectivity index (χ4v) is 6.39. The van der Waals surface area contributed by atoms with Gasteiger partial charge in [0.05, 0.1) is 5.25 Å². The summed E-state index contributed by atoms with van der Waals surface area (Å²) >= 11 is 1.72. The molecule has 0 aromatic heterocycles. The molecule has 3 nitrogen and oxygen atoms in total. The Balaban J connectivity index is 2.23. The van der Waals surface area contributed by atoms with Gasteiger partial charge in [-0.2, -0.15) is 0 Å². The molecule has 1 saturated heterocycles. The van der Waals surface area contributed by atoms with Crippen LogP contribution in [-0.2, 0) is 9.59 Å². The number of hydrogen-bond donors (Lipinski definition) is 0. The van der Waals surface area contributed by atoms with E-state index in [-0.39, 0.29) is 17.1 Å². The van der Waals surface area contributed by atoms with Gasteiger partial charge in [0.15, 0.2) is 0 Å². The molecule has 0 saturated carbocycles. The van der Waals surface area contributed by atoms with Crippen molar-refractivity contribution in [3.05, 3.63) is 0 Å². The Morgan fingerprint density at radius 3 is 1.85 bits per heavy atom. The van der Waals surface area contributed by atoms with E-state index in [4.69, 9.17) is 0 Å². The lowest BCUT2D eigenvalue weighted by Crippen LogP contribution is -2.32. The Hall–Kier alpha value is -0.510. The number of imide groups is 1. The monoisotopic (exact) mass is 481 g/mol. The number of thioether (sulfide) groups is 1. The van der Waals surface area contributed by atoms with Crippen molar-refractivity contribution in [3.63, 3.8) is 0 Å². The van der Waals surface area contributed by atoms with E-state index in [1.54, 1.807) is 16.7 Å². The lowest BCUT2D eigenvalue weighted by molar-refractivity contribution is -0.138. The SMILES string of the molecule is CCCCCCCC(CCCCC)CCCCCCN1C(=O)CC(SC(C)CCCC)C1=O. The zero-order valence-electron chi connectivity index (χ0n) is 22.5. The van der Waals surface area contributed by atoms with Gasteiger partial charge in [0.2, 0.25) is 11.8 Å². The molecule has 194 valence electrons. The van der Waals surface area contributed by atoms with Crippen LogP contribution in [-0.4, -0.2) is 33.8 Å². The van der Waals surface area contributed by atoms with Crippen molar-refractivity contribution in [1.82, 2.24) is 4.90 Å². The predicted molar refractivity (Wildman–Crippen MR) is 146 cm³/mol. The third-order valence-corrected chi connectivity index (χ3v) is 8.64. The average molecular weight is 482 g/mol. The molecule has 1 rings (SSSR count). The predicted octanol–water partition coefficient (Wildman–Crippen LogP) is 8.93. The van der Waals surface area contributed by atoms with Gasteiger partial charge in [0.1, 0.15) is 0 Å². The van der Waals surface area contributed by atoms with Gasteiger partial charge in [-0.1, -0.05) is 130 Å². The molecule has 0 aliphatic carbocycles. The molecule has 1 aliphatic heterocycles. The Kier molecular flexibility index (Phi) is 18.3. The number of rotatable bonds is 22. The van der Waals surface area contributed by atoms with Crippen LogP contribution in [0, 0.1) is 5.92 Å². The van der Waals surface area contributed by atoms with Crippen LogP contribution in [0.4, 0.5) is 0 Å². The summed E-state index contributed by atoms with van der Waals surface area (Å²) in [4.78, 5) is 26.7. The second kappa shape index (κ2) is 19.8. The zero-order chi connectivity index (χ0) is 24.3. The van der Waals surface area contributed by atoms with Crippen LogP contribution in [0.25, 0.3) is 0 Å². The molecule has 1 aliphatic rings. The summed E-state index contributed by atoms with van der Waals surface area (Å²) in [6.45, 7) is 9.61. The number of hydrogen-bond acceptors (Lipinski definition) is 3. The minimum atomic E-state index is -0.134. The average Bonchev–Trinajstić information content (AvgIpc) is 3.06. The lowest BCUT2D eigenvalue weighted by atomic mass is 9.90. The number of unbranched alkanes of at least 4 members (excludes halogenated alkanes) is 10. The molecule has 0 bridgehead atoms. The minimum absolute atomic E-state index is 0.0549. The highest BCUT2D eigenvalue weighted by Gasteiger charge is 2.39. The molecule has 3 unspecified atom stereocenters. The van der Waals surface area contributed by atoms with Crippen LogP contribution in [0.1, 0.15) is 150 Å². The maximum absolute atomic E-state index is 12.7. The molecule has 1 fully saturated rings. The summed E-state index contributed by atoms with van der Waals surface area (Å²) in [6, 6.07) is 0. The van der Waals surface area contributed by atoms with E-state index < -0.39 is 0 Å². The Morgan fingerprint density at radius 1 is 0.727 bits per heavy atom. The van der Waals surface area contributed by atoms with Crippen LogP contribution >= 0.6 is 11.8 Å². The van der Waals surface area contributed by atoms with Crippen LogP contribution in [0.2, 0.25) is 0 Å². The molecule has 2 amide bonds.